The number of nitrogens with zero attached hydrogens (tertiary/aromatic N) is 2. The highest BCUT2D eigenvalue weighted by molar-refractivity contribution is 7.28. The third-order valence-electron chi connectivity index (χ3n) is 2.48. The van der Waals surface area contributed by atoms with Crippen LogP contribution in [-0.4, -0.2) is 29.8 Å². The summed E-state index contributed by atoms with van der Waals surface area (Å²) in [6.07, 6.45) is 1.00. The maximum atomic E-state index is 13.8. The molecule has 0 saturated carbocycles. The molecule has 0 aliphatic carbocycles. The van der Waals surface area contributed by atoms with Gasteiger partial charge >= 0.3 is 5.97 Å². The fourth-order valence-electron chi connectivity index (χ4n) is 1.54. The highest BCUT2D eigenvalue weighted by Crippen LogP contribution is 2.26. The van der Waals surface area contributed by atoms with E-state index < -0.39 is 11.8 Å². The summed E-state index contributed by atoms with van der Waals surface area (Å²) in [6, 6.07) is 1.36. The Morgan fingerprint density at radius 2 is 2.30 bits per heavy atom. The number of ether oxygens (including phenoxy) is 2. The highest BCUT2D eigenvalue weighted by atomic mass is 31.0. The van der Waals surface area contributed by atoms with Crippen LogP contribution in [0.15, 0.2) is 16.8 Å². The molecule has 0 amide bonds. The van der Waals surface area contributed by atoms with E-state index in [9.17, 15) is 9.18 Å². The minimum absolute atomic E-state index is 0.0120. The molecular formula is C12H12FN2O4P. The Morgan fingerprint density at radius 1 is 1.55 bits per heavy atom. The lowest BCUT2D eigenvalue weighted by atomic mass is 10.2. The van der Waals surface area contributed by atoms with Crippen LogP contribution in [0.5, 0.6) is 5.88 Å². The van der Waals surface area contributed by atoms with Gasteiger partial charge in [-0.1, -0.05) is 14.4 Å². The third-order valence-corrected chi connectivity index (χ3v) is 3.02. The van der Waals surface area contributed by atoms with Crippen molar-refractivity contribution in [3.63, 3.8) is 0 Å². The van der Waals surface area contributed by atoms with E-state index in [0.29, 0.717) is 5.30 Å². The van der Waals surface area contributed by atoms with E-state index in [1.807, 2.05) is 0 Å². The molecule has 106 valence electrons. The van der Waals surface area contributed by atoms with Crippen LogP contribution in [0.25, 0.3) is 11.3 Å². The first-order valence-electron chi connectivity index (χ1n) is 5.70. The van der Waals surface area contributed by atoms with Crippen LogP contribution in [0, 0.1) is 5.82 Å². The van der Waals surface area contributed by atoms with Gasteiger partial charge in [-0.3, -0.25) is 0 Å². The van der Waals surface area contributed by atoms with E-state index in [0.717, 1.165) is 6.20 Å². The normalized spacial score (nSPS) is 10.4. The van der Waals surface area contributed by atoms with Gasteiger partial charge < -0.3 is 14.0 Å². The summed E-state index contributed by atoms with van der Waals surface area (Å²) in [6.45, 7) is 1.89. The molecule has 0 bridgehead atoms. The molecule has 1 atom stereocenters. The quantitative estimate of drug-likeness (QED) is 0.630. The molecular weight excluding hydrogens is 286 g/mol. The summed E-state index contributed by atoms with van der Waals surface area (Å²) < 4.78 is 28.6. The van der Waals surface area contributed by atoms with Crippen molar-refractivity contribution < 1.29 is 23.2 Å². The lowest BCUT2D eigenvalue weighted by Gasteiger charge is -2.03. The zero-order valence-electron chi connectivity index (χ0n) is 10.8. The summed E-state index contributed by atoms with van der Waals surface area (Å²) in [5.74, 6) is -0.911. The zero-order valence-corrected chi connectivity index (χ0v) is 12.0. The van der Waals surface area contributed by atoms with E-state index >= 15 is 0 Å². The molecule has 1 unspecified atom stereocenters. The molecule has 0 aliphatic heterocycles. The lowest BCUT2D eigenvalue weighted by Crippen LogP contribution is -2.12. The number of halogens is 1. The Bertz CT molecular complexity index is 644. The maximum Gasteiger partial charge on any atom is 0.361 e. The first kappa shape index (κ1) is 14.4. The minimum Gasteiger partial charge on any atom is -0.481 e. The van der Waals surface area contributed by atoms with Crippen molar-refractivity contribution in [3.05, 3.63) is 23.8 Å². The fourth-order valence-corrected chi connectivity index (χ4v) is 1.92. The standard InChI is InChI=1S/C12H12FN2O4P/c1-3-18-12(16)9-11(20)10(19-15-9)6-4-8(17-2)14-5-7(6)13/h4-5H,3,20H2,1-2H3. The number of aromatic nitrogens is 2. The summed E-state index contributed by atoms with van der Waals surface area (Å²) in [5.41, 5.74) is 0.0897. The molecule has 8 heteroatoms. The van der Waals surface area contributed by atoms with E-state index in [1.165, 1.54) is 13.2 Å². The smallest absolute Gasteiger partial charge is 0.361 e. The first-order valence-corrected chi connectivity index (χ1v) is 6.28. The van der Waals surface area contributed by atoms with Crippen LogP contribution in [-0.2, 0) is 4.74 Å². The average Bonchev–Trinajstić information content (AvgIpc) is 2.81. The van der Waals surface area contributed by atoms with Gasteiger partial charge in [-0.25, -0.2) is 14.2 Å². The number of esters is 1. The highest BCUT2D eigenvalue weighted by Gasteiger charge is 2.23. The molecule has 2 aromatic heterocycles. The SMILES string of the molecule is CCOC(=O)c1noc(-c2cc(OC)ncc2F)c1P. The topological polar surface area (TPSA) is 74.5 Å². The van der Waals surface area contributed by atoms with Crippen LogP contribution < -0.4 is 10.0 Å². The molecule has 2 heterocycles. The third kappa shape index (κ3) is 2.63. The molecule has 6 nitrogen and oxygen atoms in total. The Kier molecular flexibility index (Phi) is 4.29. The average molecular weight is 298 g/mol. The number of methoxy groups -OCH3 is 1. The van der Waals surface area contributed by atoms with Gasteiger partial charge in [0.25, 0.3) is 0 Å². The van der Waals surface area contributed by atoms with Crippen LogP contribution in [0.3, 0.4) is 0 Å². The summed E-state index contributed by atoms with van der Waals surface area (Å²) in [7, 11) is 3.70. The monoisotopic (exact) mass is 298 g/mol. The van der Waals surface area contributed by atoms with Gasteiger partial charge in [0.1, 0.15) is 0 Å². The Balaban J connectivity index is 2.46. The van der Waals surface area contributed by atoms with Gasteiger partial charge in [-0.2, -0.15) is 0 Å². The number of carbonyl (C=O) groups is 1. The second-order valence-electron chi connectivity index (χ2n) is 3.70. The van der Waals surface area contributed by atoms with E-state index in [1.54, 1.807) is 6.92 Å². The van der Waals surface area contributed by atoms with Crippen molar-refractivity contribution >= 4 is 20.5 Å². The van der Waals surface area contributed by atoms with E-state index in [-0.39, 0.29) is 29.5 Å². The molecule has 2 aromatic rings. The van der Waals surface area contributed by atoms with Gasteiger partial charge in [-0.15, -0.1) is 0 Å². The van der Waals surface area contributed by atoms with Crippen molar-refractivity contribution in [2.45, 2.75) is 6.92 Å². The second-order valence-corrected chi connectivity index (χ2v) is 4.28. The molecule has 0 saturated heterocycles. The number of carbonyl (C=O) groups excluding carboxylic acids is 1. The molecule has 20 heavy (non-hydrogen) atoms. The predicted octanol–water partition coefficient (Wildman–Crippen LogP) is 1.56. The van der Waals surface area contributed by atoms with Crippen molar-refractivity contribution in [1.29, 1.82) is 0 Å². The zero-order chi connectivity index (χ0) is 14.7. The number of pyridine rings is 1. The van der Waals surface area contributed by atoms with Crippen molar-refractivity contribution in [2.24, 2.45) is 0 Å². The van der Waals surface area contributed by atoms with Crippen LogP contribution in [0.4, 0.5) is 4.39 Å². The van der Waals surface area contributed by atoms with Crippen LogP contribution >= 0.6 is 9.24 Å². The van der Waals surface area contributed by atoms with Crippen molar-refractivity contribution in [2.75, 3.05) is 13.7 Å². The van der Waals surface area contributed by atoms with Gasteiger partial charge in [0.05, 0.1) is 30.8 Å². The Hall–Kier alpha value is -2.01. The van der Waals surface area contributed by atoms with Gasteiger partial charge in [0.2, 0.25) is 5.88 Å². The molecule has 0 aromatic carbocycles. The molecule has 0 aliphatic rings. The van der Waals surface area contributed by atoms with Crippen LogP contribution in [0.1, 0.15) is 17.4 Å². The predicted molar refractivity (Wildman–Crippen MR) is 71.5 cm³/mol. The number of hydrogen-bond donors (Lipinski definition) is 0. The van der Waals surface area contributed by atoms with Crippen LogP contribution in [0.2, 0.25) is 0 Å². The van der Waals surface area contributed by atoms with Gasteiger partial charge in [0, 0.05) is 6.07 Å². The summed E-state index contributed by atoms with van der Waals surface area (Å²) >= 11 is 0. The Labute approximate surface area is 116 Å². The molecule has 0 spiro atoms. The summed E-state index contributed by atoms with van der Waals surface area (Å²) in [5, 5.41) is 3.92. The lowest BCUT2D eigenvalue weighted by molar-refractivity contribution is 0.0516. The number of hydrogen-bond acceptors (Lipinski definition) is 6. The van der Waals surface area contributed by atoms with E-state index in [2.05, 4.69) is 19.4 Å². The molecule has 0 N–H and O–H groups in total. The van der Waals surface area contributed by atoms with Gasteiger partial charge in [0.15, 0.2) is 17.3 Å². The molecule has 2 rings (SSSR count). The largest absolute Gasteiger partial charge is 0.481 e. The molecule has 0 radical (unpaired) electrons. The van der Waals surface area contributed by atoms with Crippen molar-refractivity contribution in [1.82, 2.24) is 10.1 Å². The second kappa shape index (κ2) is 5.96. The van der Waals surface area contributed by atoms with Gasteiger partial charge in [-0.05, 0) is 6.92 Å². The van der Waals surface area contributed by atoms with E-state index in [4.69, 9.17) is 14.0 Å². The summed E-state index contributed by atoms with van der Waals surface area (Å²) in [4.78, 5) is 15.4. The molecule has 0 fully saturated rings. The van der Waals surface area contributed by atoms with Crippen molar-refractivity contribution in [3.8, 4) is 17.2 Å². The first-order chi connectivity index (χ1) is 9.58. The number of rotatable bonds is 4. The minimum atomic E-state index is -0.631. The maximum absolute atomic E-state index is 13.8. The fraction of sp³-hybridized carbons (Fsp3) is 0.250. The Morgan fingerprint density at radius 3 is 2.95 bits per heavy atom.